The Bertz CT molecular complexity index is 808. The van der Waals surface area contributed by atoms with E-state index in [1.54, 1.807) is 5.38 Å². The first-order valence-corrected chi connectivity index (χ1v) is 8.10. The van der Waals surface area contributed by atoms with Crippen molar-refractivity contribution in [2.75, 3.05) is 0 Å². The number of carbonyl (C=O) groups excluding carboxylic acids is 1. The molecular weight excluding hydrogens is 310 g/mol. The van der Waals surface area contributed by atoms with Crippen molar-refractivity contribution in [1.82, 2.24) is 24.7 Å². The molecule has 0 aliphatic rings. The number of nitrogens with zero attached hydrogens (tertiary/aromatic N) is 4. The zero-order valence-corrected chi connectivity index (χ0v) is 14.0. The number of hydrogen-bond acceptors (Lipinski definition) is 5. The Morgan fingerprint density at radius 1 is 1.26 bits per heavy atom. The summed E-state index contributed by atoms with van der Waals surface area (Å²) in [5.41, 5.74) is 4.45. The van der Waals surface area contributed by atoms with Crippen LogP contribution in [0.1, 0.15) is 40.4 Å². The highest BCUT2D eigenvalue weighted by atomic mass is 32.1. The highest BCUT2D eigenvalue weighted by molar-refractivity contribution is 7.03. The Morgan fingerprint density at radius 2 is 2.00 bits per heavy atom. The molecule has 0 saturated heterocycles. The molecule has 1 amide bonds. The predicted molar refractivity (Wildman–Crippen MR) is 88.8 cm³/mol. The fourth-order valence-corrected chi connectivity index (χ4v) is 2.85. The summed E-state index contributed by atoms with van der Waals surface area (Å²) in [6.45, 7) is 5.94. The van der Waals surface area contributed by atoms with Crippen LogP contribution < -0.4 is 5.32 Å². The van der Waals surface area contributed by atoms with Gasteiger partial charge >= 0.3 is 0 Å². The highest BCUT2D eigenvalue weighted by Crippen LogP contribution is 2.17. The number of aromatic nitrogens is 4. The van der Waals surface area contributed by atoms with Gasteiger partial charge in [-0.25, -0.2) is 4.68 Å². The van der Waals surface area contributed by atoms with Crippen molar-refractivity contribution in [1.29, 1.82) is 0 Å². The van der Waals surface area contributed by atoms with Crippen LogP contribution >= 0.6 is 11.5 Å². The minimum Gasteiger partial charge on any atom is -0.344 e. The van der Waals surface area contributed by atoms with E-state index in [0.717, 1.165) is 34.2 Å². The molecular formula is C16H17N5OS. The molecule has 0 saturated carbocycles. The van der Waals surface area contributed by atoms with Crippen LogP contribution in [0.4, 0.5) is 0 Å². The number of carbonyl (C=O) groups is 1. The van der Waals surface area contributed by atoms with Gasteiger partial charge in [0.05, 0.1) is 17.4 Å². The Hall–Kier alpha value is -2.54. The molecule has 0 unspecified atom stereocenters. The summed E-state index contributed by atoms with van der Waals surface area (Å²) in [6, 6.07) is 9.92. The van der Waals surface area contributed by atoms with Crippen molar-refractivity contribution in [2.45, 2.75) is 26.8 Å². The molecule has 1 aromatic carbocycles. The average Bonchev–Trinajstić information content (AvgIpc) is 3.17. The van der Waals surface area contributed by atoms with E-state index in [-0.39, 0.29) is 11.9 Å². The van der Waals surface area contributed by atoms with Gasteiger partial charge in [-0.2, -0.15) is 5.10 Å². The molecule has 23 heavy (non-hydrogen) atoms. The van der Waals surface area contributed by atoms with Gasteiger partial charge in [0, 0.05) is 11.1 Å². The summed E-state index contributed by atoms with van der Waals surface area (Å²) in [4.78, 5) is 12.0. The standard InChI is InChI=1S/C16H17N5OS/c1-10-8-11(2)21(19-10)14-6-4-13(5-7-14)12(3)17-16(22)15-9-23-20-18-15/h4-9,12H,1-3H3,(H,17,22)/t12-/m0/s1. The quantitative estimate of drug-likeness (QED) is 0.800. The van der Waals surface area contributed by atoms with E-state index in [1.807, 2.05) is 55.8 Å². The van der Waals surface area contributed by atoms with Crippen LogP contribution in [0, 0.1) is 13.8 Å². The molecule has 1 N–H and O–H groups in total. The molecule has 0 fully saturated rings. The van der Waals surface area contributed by atoms with Crippen molar-refractivity contribution >= 4 is 17.4 Å². The molecule has 0 aliphatic carbocycles. The lowest BCUT2D eigenvalue weighted by Crippen LogP contribution is -2.26. The summed E-state index contributed by atoms with van der Waals surface area (Å²) < 4.78 is 5.61. The van der Waals surface area contributed by atoms with Crippen molar-refractivity contribution in [3.63, 3.8) is 0 Å². The summed E-state index contributed by atoms with van der Waals surface area (Å²) in [7, 11) is 0. The summed E-state index contributed by atoms with van der Waals surface area (Å²) in [6.07, 6.45) is 0. The number of nitrogens with one attached hydrogen (secondary N) is 1. The monoisotopic (exact) mass is 327 g/mol. The minimum absolute atomic E-state index is 0.112. The van der Waals surface area contributed by atoms with Gasteiger partial charge in [0.15, 0.2) is 5.69 Å². The SMILES string of the molecule is Cc1cc(C)n(-c2ccc([C@H](C)NC(=O)c3csnn3)cc2)n1. The molecule has 6 nitrogen and oxygen atoms in total. The van der Waals surface area contributed by atoms with E-state index in [0.29, 0.717) is 5.69 Å². The molecule has 0 aliphatic heterocycles. The van der Waals surface area contributed by atoms with Crippen LogP contribution in [0.5, 0.6) is 0 Å². The van der Waals surface area contributed by atoms with Crippen molar-refractivity contribution in [2.24, 2.45) is 0 Å². The van der Waals surface area contributed by atoms with Gasteiger partial charge < -0.3 is 5.32 Å². The second-order valence-electron chi connectivity index (χ2n) is 5.42. The van der Waals surface area contributed by atoms with Gasteiger partial charge in [0.25, 0.3) is 5.91 Å². The molecule has 0 bridgehead atoms. The second kappa shape index (κ2) is 6.29. The van der Waals surface area contributed by atoms with Crippen LogP contribution in [0.3, 0.4) is 0 Å². The number of aryl methyl sites for hydroxylation is 2. The van der Waals surface area contributed by atoms with Crippen molar-refractivity contribution in [3.05, 3.63) is 58.4 Å². The fraction of sp³-hybridized carbons (Fsp3) is 0.250. The molecule has 118 valence electrons. The summed E-state index contributed by atoms with van der Waals surface area (Å²) >= 11 is 1.16. The number of rotatable bonds is 4. The Kier molecular flexibility index (Phi) is 4.20. The third kappa shape index (κ3) is 3.29. The van der Waals surface area contributed by atoms with Gasteiger partial charge in [-0.15, -0.1) is 5.10 Å². The lowest BCUT2D eigenvalue weighted by Gasteiger charge is -2.14. The predicted octanol–water partition coefficient (Wildman–Crippen LogP) is 2.83. The number of hydrogen-bond donors (Lipinski definition) is 1. The van der Waals surface area contributed by atoms with Crippen LogP contribution in [-0.4, -0.2) is 25.3 Å². The average molecular weight is 327 g/mol. The van der Waals surface area contributed by atoms with Gasteiger partial charge in [0.1, 0.15) is 0 Å². The summed E-state index contributed by atoms with van der Waals surface area (Å²) in [5.74, 6) is -0.214. The maximum atomic E-state index is 12.0. The zero-order valence-electron chi connectivity index (χ0n) is 13.1. The molecule has 0 spiro atoms. The van der Waals surface area contributed by atoms with E-state index in [9.17, 15) is 4.79 Å². The topological polar surface area (TPSA) is 72.7 Å². The largest absolute Gasteiger partial charge is 0.344 e. The Balaban J connectivity index is 1.74. The van der Waals surface area contributed by atoms with Crippen molar-refractivity contribution < 1.29 is 4.79 Å². The second-order valence-corrected chi connectivity index (χ2v) is 6.03. The summed E-state index contributed by atoms with van der Waals surface area (Å²) in [5, 5.41) is 12.8. The lowest BCUT2D eigenvalue weighted by molar-refractivity contribution is 0.0935. The molecule has 0 radical (unpaired) electrons. The van der Waals surface area contributed by atoms with E-state index in [1.165, 1.54) is 0 Å². The minimum atomic E-state index is -0.214. The molecule has 1 atom stereocenters. The maximum absolute atomic E-state index is 12.0. The third-order valence-corrected chi connectivity index (χ3v) is 4.09. The third-order valence-electron chi connectivity index (χ3n) is 3.59. The number of benzene rings is 1. The molecule has 7 heteroatoms. The number of amides is 1. The van der Waals surface area contributed by atoms with E-state index >= 15 is 0 Å². The first-order chi connectivity index (χ1) is 11.0. The van der Waals surface area contributed by atoms with Crippen LogP contribution in [0.25, 0.3) is 5.69 Å². The van der Waals surface area contributed by atoms with E-state index in [2.05, 4.69) is 20.0 Å². The Morgan fingerprint density at radius 3 is 2.57 bits per heavy atom. The molecule has 2 aromatic heterocycles. The van der Waals surface area contributed by atoms with Crippen molar-refractivity contribution in [3.8, 4) is 5.69 Å². The van der Waals surface area contributed by atoms with E-state index in [4.69, 9.17) is 0 Å². The Labute approximate surface area is 138 Å². The van der Waals surface area contributed by atoms with Gasteiger partial charge in [-0.05, 0) is 56.1 Å². The lowest BCUT2D eigenvalue weighted by atomic mass is 10.1. The van der Waals surface area contributed by atoms with Gasteiger partial charge in [-0.1, -0.05) is 16.6 Å². The van der Waals surface area contributed by atoms with Crippen LogP contribution in [0.2, 0.25) is 0 Å². The molecule has 2 heterocycles. The first-order valence-electron chi connectivity index (χ1n) is 7.26. The zero-order chi connectivity index (χ0) is 16.4. The fourth-order valence-electron chi connectivity index (χ4n) is 2.41. The normalized spacial score (nSPS) is 12.1. The smallest absolute Gasteiger partial charge is 0.273 e. The van der Waals surface area contributed by atoms with Crippen LogP contribution in [-0.2, 0) is 0 Å². The molecule has 3 aromatic rings. The molecule has 3 rings (SSSR count). The maximum Gasteiger partial charge on any atom is 0.273 e. The van der Waals surface area contributed by atoms with Gasteiger partial charge in [-0.3, -0.25) is 4.79 Å². The first kappa shape index (κ1) is 15.4. The van der Waals surface area contributed by atoms with Gasteiger partial charge in [0.2, 0.25) is 0 Å². The van der Waals surface area contributed by atoms with E-state index < -0.39 is 0 Å². The van der Waals surface area contributed by atoms with Crippen LogP contribution in [0.15, 0.2) is 35.7 Å². The highest BCUT2D eigenvalue weighted by Gasteiger charge is 2.14.